The minimum absolute atomic E-state index is 0.814. The maximum absolute atomic E-state index is 2.34. The van der Waals surface area contributed by atoms with Crippen molar-refractivity contribution in [2.24, 2.45) is 5.41 Å². The summed E-state index contributed by atoms with van der Waals surface area (Å²) in [6.07, 6.45) is 8.79. The van der Waals surface area contributed by atoms with Crippen LogP contribution in [0.4, 0.5) is 0 Å². The molecule has 0 heterocycles. The molecule has 0 aromatic carbocycles. The molecule has 1 fully saturated rings. The minimum atomic E-state index is 0.814. The second-order valence-corrected chi connectivity index (χ2v) is 3.46. The normalized spacial score (nSPS) is 19.6. The van der Waals surface area contributed by atoms with Crippen LogP contribution in [0.5, 0.6) is 0 Å². The summed E-state index contributed by atoms with van der Waals surface area (Å²) in [5.74, 6) is 0. The second kappa shape index (κ2) is 5.62. The Kier molecular flexibility index (Phi) is 5.62. The van der Waals surface area contributed by atoms with Crippen LogP contribution in [0.3, 0.4) is 0 Å². The first-order valence-electron chi connectivity index (χ1n) is 5.33. The highest BCUT2D eigenvalue weighted by Gasteiger charge is 2.33. The van der Waals surface area contributed by atoms with Crippen LogP contribution in [0.2, 0.25) is 0 Å². The van der Waals surface area contributed by atoms with Crippen LogP contribution < -0.4 is 0 Å². The molecule has 0 unspecified atom stereocenters. The molecule has 1 aliphatic carbocycles. The van der Waals surface area contributed by atoms with Gasteiger partial charge in [0, 0.05) is 0 Å². The van der Waals surface area contributed by atoms with Crippen molar-refractivity contribution < 1.29 is 0 Å². The van der Waals surface area contributed by atoms with Gasteiger partial charge in [0.2, 0.25) is 0 Å². The molecule has 68 valence electrons. The smallest absolute Gasteiger partial charge is 0.0300 e. The third-order valence-electron chi connectivity index (χ3n) is 2.94. The second-order valence-electron chi connectivity index (χ2n) is 3.46. The molecule has 11 heavy (non-hydrogen) atoms. The average Bonchev–Trinajstić information content (AvgIpc) is 2.01. The van der Waals surface area contributed by atoms with Crippen molar-refractivity contribution in [2.45, 2.75) is 66.2 Å². The van der Waals surface area contributed by atoms with Crippen LogP contribution >= 0.6 is 0 Å². The highest BCUT2D eigenvalue weighted by Crippen LogP contribution is 2.47. The third-order valence-corrected chi connectivity index (χ3v) is 2.94. The van der Waals surface area contributed by atoms with Crippen molar-refractivity contribution >= 4 is 0 Å². The van der Waals surface area contributed by atoms with Gasteiger partial charge >= 0.3 is 0 Å². The van der Waals surface area contributed by atoms with E-state index >= 15 is 0 Å². The Balaban J connectivity index is 0.000000461. The van der Waals surface area contributed by atoms with Crippen molar-refractivity contribution in [1.82, 2.24) is 0 Å². The topological polar surface area (TPSA) is 0 Å². The Labute approximate surface area is 72.4 Å². The molecule has 1 saturated carbocycles. The van der Waals surface area contributed by atoms with Gasteiger partial charge in [-0.2, -0.15) is 0 Å². The molecule has 0 aromatic heterocycles. The first-order chi connectivity index (χ1) is 5.33. The van der Waals surface area contributed by atoms with E-state index in [1.54, 1.807) is 0 Å². The van der Waals surface area contributed by atoms with Gasteiger partial charge in [0.05, 0.1) is 0 Å². The molecule has 0 aliphatic heterocycles. The summed E-state index contributed by atoms with van der Waals surface area (Å²) >= 11 is 0. The summed E-state index contributed by atoms with van der Waals surface area (Å²) < 4.78 is 0. The van der Waals surface area contributed by atoms with E-state index in [0.29, 0.717) is 0 Å². The van der Waals surface area contributed by atoms with Crippen LogP contribution in [0.25, 0.3) is 0 Å². The summed E-state index contributed by atoms with van der Waals surface area (Å²) in [4.78, 5) is 0. The summed E-state index contributed by atoms with van der Waals surface area (Å²) in [5.41, 5.74) is 0.814. The van der Waals surface area contributed by atoms with E-state index in [9.17, 15) is 0 Å². The lowest BCUT2D eigenvalue weighted by Gasteiger charge is -2.41. The lowest BCUT2D eigenvalue weighted by Crippen LogP contribution is -2.27. The van der Waals surface area contributed by atoms with E-state index in [0.717, 1.165) is 5.41 Å². The van der Waals surface area contributed by atoms with Crippen LogP contribution in [-0.4, -0.2) is 0 Å². The molecule has 0 amide bonds. The van der Waals surface area contributed by atoms with Crippen molar-refractivity contribution in [3.05, 3.63) is 0 Å². The molecule has 0 bridgehead atoms. The van der Waals surface area contributed by atoms with Crippen LogP contribution in [0.15, 0.2) is 0 Å². The highest BCUT2D eigenvalue weighted by molar-refractivity contribution is 4.85. The quantitative estimate of drug-likeness (QED) is 0.568. The zero-order valence-corrected chi connectivity index (χ0v) is 8.74. The van der Waals surface area contributed by atoms with Crippen LogP contribution in [0.1, 0.15) is 66.2 Å². The number of hydrogen-bond donors (Lipinski definition) is 0. The fourth-order valence-corrected chi connectivity index (χ4v) is 1.99. The fraction of sp³-hybridized carbons (Fsp3) is 1.00. The average molecular weight is 156 g/mol. The summed E-state index contributed by atoms with van der Waals surface area (Å²) in [6, 6.07) is 0. The number of hydrogen-bond acceptors (Lipinski definition) is 0. The lowest BCUT2D eigenvalue weighted by molar-refractivity contribution is 0.112. The summed E-state index contributed by atoms with van der Waals surface area (Å²) in [5, 5.41) is 0. The molecular formula is C11H24. The SMILES string of the molecule is CC.CCCC1(CC)CCC1. The first-order valence-corrected chi connectivity index (χ1v) is 5.33. The zero-order valence-electron chi connectivity index (χ0n) is 8.74. The van der Waals surface area contributed by atoms with Crippen molar-refractivity contribution in [2.75, 3.05) is 0 Å². The molecule has 0 atom stereocenters. The first kappa shape index (κ1) is 11.0. The van der Waals surface area contributed by atoms with Gasteiger partial charge in [-0.15, -0.1) is 0 Å². The standard InChI is InChI=1S/C9H18.C2H6/c1-3-6-9(4-2)7-5-8-9;1-2/h3-8H2,1-2H3;1-2H3. The van der Waals surface area contributed by atoms with E-state index in [1.165, 1.54) is 38.5 Å². The molecule has 0 N–H and O–H groups in total. The molecule has 0 aromatic rings. The van der Waals surface area contributed by atoms with Gasteiger partial charge in [0.15, 0.2) is 0 Å². The van der Waals surface area contributed by atoms with Gasteiger partial charge in [-0.05, 0) is 24.7 Å². The maximum Gasteiger partial charge on any atom is -0.0300 e. The van der Waals surface area contributed by atoms with E-state index in [1.807, 2.05) is 13.8 Å². The Morgan fingerprint density at radius 3 is 1.73 bits per heavy atom. The largest absolute Gasteiger partial charge is 0.0683 e. The Hall–Kier alpha value is 0. The third kappa shape index (κ3) is 2.84. The van der Waals surface area contributed by atoms with E-state index in [4.69, 9.17) is 0 Å². The highest BCUT2D eigenvalue weighted by atomic mass is 14.4. The monoisotopic (exact) mass is 156 g/mol. The Morgan fingerprint density at radius 2 is 1.64 bits per heavy atom. The summed E-state index contributed by atoms with van der Waals surface area (Å²) in [6.45, 7) is 8.64. The van der Waals surface area contributed by atoms with Gasteiger partial charge in [0.25, 0.3) is 0 Å². The van der Waals surface area contributed by atoms with Gasteiger partial charge in [-0.3, -0.25) is 0 Å². The lowest BCUT2D eigenvalue weighted by atomic mass is 9.65. The van der Waals surface area contributed by atoms with E-state index < -0.39 is 0 Å². The fourth-order valence-electron chi connectivity index (χ4n) is 1.99. The van der Waals surface area contributed by atoms with Gasteiger partial charge < -0.3 is 0 Å². The molecule has 1 aliphatic rings. The van der Waals surface area contributed by atoms with Gasteiger partial charge in [-0.1, -0.05) is 47.0 Å². The van der Waals surface area contributed by atoms with Crippen molar-refractivity contribution in [3.8, 4) is 0 Å². The molecule has 0 spiro atoms. The molecular weight excluding hydrogens is 132 g/mol. The molecule has 1 rings (SSSR count). The zero-order chi connectivity index (χ0) is 8.74. The predicted octanol–water partition coefficient (Wildman–Crippen LogP) is 4.39. The van der Waals surface area contributed by atoms with Crippen LogP contribution in [0, 0.1) is 5.41 Å². The number of rotatable bonds is 3. The van der Waals surface area contributed by atoms with Gasteiger partial charge in [-0.25, -0.2) is 0 Å². The summed E-state index contributed by atoms with van der Waals surface area (Å²) in [7, 11) is 0. The van der Waals surface area contributed by atoms with E-state index in [-0.39, 0.29) is 0 Å². The van der Waals surface area contributed by atoms with E-state index in [2.05, 4.69) is 13.8 Å². The Bertz CT molecular complexity index is 74.5. The van der Waals surface area contributed by atoms with Crippen molar-refractivity contribution in [1.29, 1.82) is 0 Å². The Morgan fingerprint density at radius 1 is 1.09 bits per heavy atom. The molecule has 0 heteroatoms. The molecule has 0 saturated heterocycles. The van der Waals surface area contributed by atoms with Crippen LogP contribution in [-0.2, 0) is 0 Å². The molecule has 0 nitrogen and oxygen atoms in total. The predicted molar refractivity (Wildman–Crippen MR) is 52.8 cm³/mol. The minimum Gasteiger partial charge on any atom is -0.0683 e. The molecule has 0 radical (unpaired) electrons. The maximum atomic E-state index is 2.34. The van der Waals surface area contributed by atoms with Gasteiger partial charge in [0.1, 0.15) is 0 Å². The van der Waals surface area contributed by atoms with Crippen molar-refractivity contribution in [3.63, 3.8) is 0 Å².